The molecule has 1 amide bonds. The minimum atomic E-state index is -0.709. The molecule has 30 heavy (non-hydrogen) atoms. The van der Waals surface area contributed by atoms with E-state index in [0.717, 1.165) is 49.5 Å². The number of piperidine rings is 1. The highest BCUT2D eigenvalue weighted by Gasteiger charge is 2.19. The van der Waals surface area contributed by atoms with Gasteiger partial charge < -0.3 is 10.2 Å². The van der Waals surface area contributed by atoms with Gasteiger partial charge in [0, 0.05) is 31.1 Å². The number of rotatable bonds is 5. The second-order valence-corrected chi connectivity index (χ2v) is 7.42. The number of hydrogen-bond donors (Lipinski definition) is 1. The van der Waals surface area contributed by atoms with Gasteiger partial charge in [0.15, 0.2) is 0 Å². The monoisotopic (exact) mass is 412 g/mol. The molecule has 1 aromatic heterocycles. The summed E-state index contributed by atoms with van der Waals surface area (Å²) in [7, 11) is 0. The number of carbonyl (C=O) groups is 1. The van der Waals surface area contributed by atoms with Crippen LogP contribution in [0.5, 0.6) is 0 Å². The van der Waals surface area contributed by atoms with Gasteiger partial charge in [-0.25, -0.2) is 13.6 Å². The van der Waals surface area contributed by atoms with Crippen LogP contribution in [0.1, 0.15) is 24.8 Å². The Morgan fingerprint density at radius 3 is 2.47 bits per heavy atom. The Morgan fingerprint density at radius 2 is 1.73 bits per heavy atom. The van der Waals surface area contributed by atoms with Crippen LogP contribution in [0.3, 0.4) is 0 Å². The van der Waals surface area contributed by atoms with Crippen molar-refractivity contribution in [1.29, 1.82) is 0 Å². The molecule has 1 fully saturated rings. The maximum absolute atomic E-state index is 13.3. The molecule has 0 radical (unpaired) electrons. The van der Waals surface area contributed by atoms with E-state index in [1.54, 1.807) is 6.07 Å². The van der Waals surface area contributed by atoms with Crippen LogP contribution in [0.2, 0.25) is 0 Å². The summed E-state index contributed by atoms with van der Waals surface area (Å²) >= 11 is 0. The van der Waals surface area contributed by atoms with Crippen molar-refractivity contribution >= 4 is 22.6 Å². The van der Waals surface area contributed by atoms with Gasteiger partial charge in [-0.3, -0.25) is 9.36 Å². The molecule has 0 aliphatic carbocycles. The summed E-state index contributed by atoms with van der Waals surface area (Å²) in [5.74, 6) is -1.21. The van der Waals surface area contributed by atoms with Crippen LogP contribution >= 0.6 is 0 Å². The van der Waals surface area contributed by atoms with Gasteiger partial charge in [-0.05, 0) is 49.1 Å². The highest BCUT2D eigenvalue weighted by molar-refractivity contribution is 5.90. The van der Waals surface area contributed by atoms with E-state index in [0.29, 0.717) is 16.9 Å². The van der Waals surface area contributed by atoms with Crippen molar-refractivity contribution in [1.82, 2.24) is 14.9 Å². The van der Waals surface area contributed by atoms with Crippen LogP contribution in [-0.2, 0) is 17.9 Å². The highest BCUT2D eigenvalue weighted by atomic mass is 19.1. The van der Waals surface area contributed by atoms with Gasteiger partial charge in [0.25, 0.3) is 0 Å². The van der Waals surface area contributed by atoms with E-state index in [1.165, 1.54) is 11.0 Å². The molecule has 156 valence electrons. The maximum Gasteiger partial charge on any atom is 0.350 e. The van der Waals surface area contributed by atoms with E-state index in [4.69, 9.17) is 0 Å². The van der Waals surface area contributed by atoms with Gasteiger partial charge in [-0.15, -0.1) is 0 Å². The van der Waals surface area contributed by atoms with Gasteiger partial charge in [-0.1, -0.05) is 12.1 Å². The number of hydrogen-bond acceptors (Lipinski definition) is 4. The van der Waals surface area contributed by atoms with Crippen molar-refractivity contribution in [3.63, 3.8) is 0 Å². The molecule has 0 spiro atoms. The average molecular weight is 412 g/mol. The van der Waals surface area contributed by atoms with Crippen molar-refractivity contribution in [3.05, 3.63) is 70.1 Å². The lowest BCUT2D eigenvalue weighted by atomic mass is 10.1. The molecule has 6 nitrogen and oxygen atoms in total. The molecule has 0 saturated carbocycles. The first kappa shape index (κ1) is 20.0. The smallest absolute Gasteiger partial charge is 0.350 e. The standard InChI is InChI=1S/C22H22F2N4O2/c23-16-10-15(11-17(24)12-16)13-25-20(29)14-28-19-7-3-2-6-18(19)21(26-22(28)30)27-8-4-1-5-9-27/h2-3,6-7,10-12H,1,4-5,8-9,13-14H2,(H,25,29). The summed E-state index contributed by atoms with van der Waals surface area (Å²) in [6.07, 6.45) is 3.28. The van der Waals surface area contributed by atoms with Crippen LogP contribution in [-0.4, -0.2) is 28.5 Å². The molecular weight excluding hydrogens is 390 g/mol. The topological polar surface area (TPSA) is 67.2 Å². The first-order valence-corrected chi connectivity index (χ1v) is 9.97. The highest BCUT2D eigenvalue weighted by Crippen LogP contribution is 2.25. The number of halogens is 2. The van der Waals surface area contributed by atoms with Crippen LogP contribution in [0, 0.1) is 11.6 Å². The summed E-state index contributed by atoms with van der Waals surface area (Å²) in [6.45, 7) is 1.43. The number of benzene rings is 2. The SMILES string of the molecule is O=C(Cn1c(=O)nc(N2CCCCC2)c2ccccc21)NCc1cc(F)cc(F)c1. The first-order chi connectivity index (χ1) is 14.5. The summed E-state index contributed by atoms with van der Waals surface area (Å²) in [5, 5.41) is 3.42. The number of carbonyl (C=O) groups excluding carboxylic acids is 1. The number of amides is 1. The molecule has 2 aromatic carbocycles. The lowest BCUT2D eigenvalue weighted by Gasteiger charge is -2.28. The molecule has 0 atom stereocenters. The van der Waals surface area contributed by atoms with Crippen molar-refractivity contribution in [2.24, 2.45) is 0 Å². The fourth-order valence-corrected chi connectivity index (χ4v) is 3.83. The second kappa shape index (κ2) is 8.61. The molecule has 2 heterocycles. The Bertz CT molecular complexity index is 1120. The Kier molecular flexibility index (Phi) is 5.74. The third-order valence-electron chi connectivity index (χ3n) is 5.24. The summed E-state index contributed by atoms with van der Waals surface area (Å²) < 4.78 is 27.9. The third-order valence-corrected chi connectivity index (χ3v) is 5.24. The fraction of sp³-hybridized carbons (Fsp3) is 0.318. The minimum absolute atomic E-state index is 0.0422. The number of anilines is 1. The van der Waals surface area contributed by atoms with Gasteiger partial charge >= 0.3 is 5.69 Å². The van der Waals surface area contributed by atoms with E-state index < -0.39 is 23.2 Å². The molecule has 0 unspecified atom stereocenters. The summed E-state index contributed by atoms with van der Waals surface area (Å²) in [5.41, 5.74) is 0.433. The summed E-state index contributed by atoms with van der Waals surface area (Å²) in [4.78, 5) is 31.6. The zero-order valence-electron chi connectivity index (χ0n) is 16.4. The quantitative estimate of drug-likeness (QED) is 0.700. The zero-order chi connectivity index (χ0) is 21.1. The van der Waals surface area contributed by atoms with E-state index in [9.17, 15) is 18.4 Å². The van der Waals surface area contributed by atoms with Crippen LogP contribution < -0.4 is 15.9 Å². The van der Waals surface area contributed by atoms with Crippen molar-refractivity contribution in [2.45, 2.75) is 32.4 Å². The number of aromatic nitrogens is 2. The molecule has 1 aliphatic rings. The first-order valence-electron chi connectivity index (χ1n) is 9.97. The molecule has 1 N–H and O–H groups in total. The Morgan fingerprint density at radius 1 is 1.03 bits per heavy atom. The van der Waals surface area contributed by atoms with Crippen LogP contribution in [0.15, 0.2) is 47.3 Å². The number of fused-ring (bicyclic) bond motifs is 1. The molecule has 1 saturated heterocycles. The number of para-hydroxylation sites is 1. The fourth-order valence-electron chi connectivity index (χ4n) is 3.83. The predicted octanol–water partition coefficient (Wildman–Crippen LogP) is 2.98. The third kappa shape index (κ3) is 4.32. The minimum Gasteiger partial charge on any atom is -0.356 e. The number of nitrogens with zero attached hydrogens (tertiary/aromatic N) is 3. The Hall–Kier alpha value is -3.29. The van der Waals surface area contributed by atoms with E-state index in [1.807, 2.05) is 18.2 Å². The van der Waals surface area contributed by atoms with E-state index in [2.05, 4.69) is 15.2 Å². The van der Waals surface area contributed by atoms with Crippen molar-refractivity contribution in [3.8, 4) is 0 Å². The van der Waals surface area contributed by atoms with E-state index >= 15 is 0 Å². The zero-order valence-corrected chi connectivity index (χ0v) is 16.4. The van der Waals surface area contributed by atoms with Gasteiger partial charge in [0.05, 0.1) is 5.52 Å². The number of nitrogens with one attached hydrogen (secondary N) is 1. The van der Waals surface area contributed by atoms with Gasteiger partial charge in [0.1, 0.15) is 24.0 Å². The van der Waals surface area contributed by atoms with Crippen LogP contribution in [0.25, 0.3) is 10.9 Å². The maximum atomic E-state index is 13.3. The van der Waals surface area contributed by atoms with Crippen LogP contribution in [0.4, 0.5) is 14.6 Å². The average Bonchev–Trinajstić information content (AvgIpc) is 2.74. The van der Waals surface area contributed by atoms with Crippen molar-refractivity contribution in [2.75, 3.05) is 18.0 Å². The van der Waals surface area contributed by atoms with Gasteiger partial charge in [-0.2, -0.15) is 4.98 Å². The van der Waals surface area contributed by atoms with E-state index in [-0.39, 0.29) is 13.1 Å². The van der Waals surface area contributed by atoms with Crippen molar-refractivity contribution < 1.29 is 13.6 Å². The normalized spacial score (nSPS) is 14.1. The molecular formula is C22H22F2N4O2. The second-order valence-electron chi connectivity index (χ2n) is 7.42. The predicted molar refractivity (Wildman–Crippen MR) is 110 cm³/mol. The lowest BCUT2D eigenvalue weighted by molar-refractivity contribution is -0.121. The Labute approximate surface area is 172 Å². The molecule has 8 heteroatoms. The lowest BCUT2D eigenvalue weighted by Crippen LogP contribution is -2.36. The largest absolute Gasteiger partial charge is 0.356 e. The summed E-state index contributed by atoms with van der Waals surface area (Å²) in [6, 6.07) is 10.5. The van der Waals surface area contributed by atoms with Gasteiger partial charge in [0.2, 0.25) is 5.91 Å². The molecule has 1 aliphatic heterocycles. The molecule has 0 bridgehead atoms. The molecule has 3 aromatic rings. The molecule has 4 rings (SSSR count). The Balaban J connectivity index is 1.57.